The Balaban J connectivity index is 2.52. The van der Waals surface area contributed by atoms with Crippen LogP contribution in [0.5, 0.6) is 0 Å². The van der Waals surface area contributed by atoms with Crippen LogP contribution in [0.3, 0.4) is 0 Å². The average Bonchev–Trinajstić information content (AvgIpc) is 2.70. The molecule has 1 heterocycles. The first kappa shape index (κ1) is 15.0. The van der Waals surface area contributed by atoms with Crippen molar-refractivity contribution in [3.05, 3.63) is 52.6 Å². The molecule has 0 saturated carbocycles. The van der Waals surface area contributed by atoms with Gasteiger partial charge in [0.1, 0.15) is 5.82 Å². The van der Waals surface area contributed by atoms with Crippen molar-refractivity contribution in [3.8, 4) is 5.69 Å². The molecule has 21 heavy (non-hydrogen) atoms. The van der Waals surface area contributed by atoms with Gasteiger partial charge in [-0.2, -0.15) is 5.10 Å². The second-order valence-electron chi connectivity index (χ2n) is 4.83. The molecule has 0 amide bonds. The number of halogens is 1. The molecule has 2 aromatic rings. The molecule has 4 nitrogen and oxygen atoms in total. The van der Waals surface area contributed by atoms with Gasteiger partial charge in [-0.3, -0.25) is 0 Å². The summed E-state index contributed by atoms with van der Waals surface area (Å²) in [6.07, 6.45) is 3.21. The van der Waals surface area contributed by atoms with E-state index in [1.807, 2.05) is 20.8 Å². The van der Waals surface area contributed by atoms with Gasteiger partial charge in [-0.05, 0) is 55.7 Å². The maximum Gasteiger partial charge on any atom is 0.328 e. The van der Waals surface area contributed by atoms with Crippen LogP contribution in [-0.4, -0.2) is 20.9 Å². The largest absolute Gasteiger partial charge is 0.478 e. The molecule has 5 heteroatoms. The summed E-state index contributed by atoms with van der Waals surface area (Å²) in [5.74, 6) is -1.50. The topological polar surface area (TPSA) is 55.1 Å². The number of aryl methyl sites for hydroxylation is 1. The summed E-state index contributed by atoms with van der Waals surface area (Å²) in [6.45, 7) is 5.91. The van der Waals surface area contributed by atoms with Gasteiger partial charge in [-0.1, -0.05) is 6.92 Å². The first-order valence-electron chi connectivity index (χ1n) is 6.69. The number of hydrogen-bond acceptors (Lipinski definition) is 2. The smallest absolute Gasteiger partial charge is 0.328 e. The third-order valence-corrected chi connectivity index (χ3v) is 3.36. The summed E-state index contributed by atoms with van der Waals surface area (Å²) in [6, 6.07) is 4.38. The Labute approximate surface area is 122 Å². The molecule has 0 radical (unpaired) electrons. The van der Waals surface area contributed by atoms with Crippen LogP contribution in [0.15, 0.2) is 24.3 Å². The molecule has 0 aliphatic heterocycles. The van der Waals surface area contributed by atoms with Crippen LogP contribution >= 0.6 is 0 Å². The van der Waals surface area contributed by atoms with Crippen LogP contribution in [0.25, 0.3) is 11.8 Å². The van der Waals surface area contributed by atoms with E-state index in [0.717, 1.165) is 29.4 Å². The zero-order valence-electron chi connectivity index (χ0n) is 12.2. The van der Waals surface area contributed by atoms with Gasteiger partial charge in [0.05, 0.1) is 11.4 Å². The van der Waals surface area contributed by atoms with E-state index < -0.39 is 11.8 Å². The van der Waals surface area contributed by atoms with Gasteiger partial charge in [0.25, 0.3) is 0 Å². The van der Waals surface area contributed by atoms with Crippen molar-refractivity contribution >= 4 is 12.0 Å². The van der Waals surface area contributed by atoms with Gasteiger partial charge in [-0.15, -0.1) is 0 Å². The quantitative estimate of drug-likeness (QED) is 0.878. The Bertz CT molecular complexity index is 717. The molecule has 1 aromatic heterocycles. The third kappa shape index (κ3) is 3.18. The van der Waals surface area contributed by atoms with Crippen molar-refractivity contribution in [3.63, 3.8) is 0 Å². The monoisotopic (exact) mass is 288 g/mol. The van der Waals surface area contributed by atoms with Crippen LogP contribution < -0.4 is 0 Å². The van der Waals surface area contributed by atoms with Crippen molar-refractivity contribution in [1.29, 1.82) is 0 Å². The second-order valence-corrected chi connectivity index (χ2v) is 4.83. The summed E-state index contributed by atoms with van der Waals surface area (Å²) in [5.41, 5.74) is 4.09. The molecule has 0 aliphatic rings. The van der Waals surface area contributed by atoms with Gasteiger partial charge >= 0.3 is 5.97 Å². The number of benzene rings is 1. The molecule has 0 unspecified atom stereocenters. The van der Waals surface area contributed by atoms with Crippen molar-refractivity contribution in [2.24, 2.45) is 0 Å². The number of rotatable bonds is 4. The number of hydrogen-bond donors (Lipinski definition) is 1. The first-order valence-corrected chi connectivity index (χ1v) is 6.69. The normalized spacial score (nSPS) is 11.2. The summed E-state index contributed by atoms with van der Waals surface area (Å²) in [7, 11) is 0. The summed E-state index contributed by atoms with van der Waals surface area (Å²) >= 11 is 0. The zero-order chi connectivity index (χ0) is 15.6. The first-order chi connectivity index (χ1) is 9.92. The summed E-state index contributed by atoms with van der Waals surface area (Å²) < 4.78 is 15.4. The molecule has 1 aromatic carbocycles. The number of carboxylic acid groups (broad SMARTS) is 1. The van der Waals surface area contributed by atoms with E-state index in [0.29, 0.717) is 11.3 Å². The van der Waals surface area contributed by atoms with E-state index in [1.54, 1.807) is 10.7 Å². The highest BCUT2D eigenvalue weighted by molar-refractivity contribution is 5.85. The minimum Gasteiger partial charge on any atom is -0.478 e. The van der Waals surface area contributed by atoms with Crippen LogP contribution in [0.4, 0.5) is 4.39 Å². The molecule has 1 N–H and O–H groups in total. The Morgan fingerprint density at radius 3 is 2.67 bits per heavy atom. The van der Waals surface area contributed by atoms with Crippen LogP contribution in [0, 0.1) is 19.7 Å². The molecule has 0 aliphatic carbocycles. The SMILES string of the molecule is CCc1c(C)nn(-c2cc(F)cc(/C=C/C(=O)O)c2)c1C. The van der Waals surface area contributed by atoms with Gasteiger partial charge in [-0.25, -0.2) is 13.9 Å². The molecular weight excluding hydrogens is 271 g/mol. The molecule has 0 fully saturated rings. The maximum absolute atomic E-state index is 13.7. The maximum atomic E-state index is 13.7. The lowest BCUT2D eigenvalue weighted by Gasteiger charge is -2.07. The number of carbonyl (C=O) groups is 1. The van der Waals surface area contributed by atoms with E-state index in [1.165, 1.54) is 18.2 Å². The lowest BCUT2D eigenvalue weighted by Crippen LogP contribution is -2.01. The lowest BCUT2D eigenvalue weighted by atomic mass is 10.1. The molecule has 110 valence electrons. The Morgan fingerprint density at radius 1 is 1.38 bits per heavy atom. The fourth-order valence-electron chi connectivity index (χ4n) is 2.42. The summed E-state index contributed by atoms with van der Waals surface area (Å²) in [5, 5.41) is 13.1. The fraction of sp³-hybridized carbons (Fsp3) is 0.250. The van der Waals surface area contributed by atoms with Crippen LogP contribution in [-0.2, 0) is 11.2 Å². The van der Waals surface area contributed by atoms with Crippen molar-refractivity contribution in [2.45, 2.75) is 27.2 Å². The van der Waals surface area contributed by atoms with Crippen molar-refractivity contribution in [1.82, 2.24) is 9.78 Å². The van der Waals surface area contributed by atoms with Crippen molar-refractivity contribution in [2.75, 3.05) is 0 Å². The number of aromatic nitrogens is 2. The second kappa shape index (κ2) is 5.91. The highest BCUT2D eigenvalue weighted by Crippen LogP contribution is 2.20. The van der Waals surface area contributed by atoms with Crippen molar-refractivity contribution < 1.29 is 14.3 Å². The minimum atomic E-state index is -1.07. The Kier molecular flexibility index (Phi) is 4.21. The average molecular weight is 288 g/mol. The van der Waals surface area contributed by atoms with Gasteiger partial charge < -0.3 is 5.11 Å². The Hall–Kier alpha value is -2.43. The molecular formula is C16H17FN2O2. The van der Waals surface area contributed by atoms with E-state index in [9.17, 15) is 9.18 Å². The highest BCUT2D eigenvalue weighted by Gasteiger charge is 2.12. The summed E-state index contributed by atoms with van der Waals surface area (Å²) in [4.78, 5) is 10.6. The highest BCUT2D eigenvalue weighted by atomic mass is 19.1. The molecule has 0 spiro atoms. The minimum absolute atomic E-state index is 0.428. The predicted molar refractivity (Wildman–Crippen MR) is 79.0 cm³/mol. The number of nitrogens with zero attached hydrogens (tertiary/aromatic N) is 2. The van der Waals surface area contributed by atoms with E-state index in [2.05, 4.69) is 5.10 Å². The van der Waals surface area contributed by atoms with E-state index in [-0.39, 0.29) is 0 Å². The van der Waals surface area contributed by atoms with Gasteiger partial charge in [0.2, 0.25) is 0 Å². The number of carboxylic acids is 1. The van der Waals surface area contributed by atoms with E-state index >= 15 is 0 Å². The number of aliphatic carboxylic acids is 1. The lowest BCUT2D eigenvalue weighted by molar-refractivity contribution is -0.131. The van der Waals surface area contributed by atoms with Crippen LogP contribution in [0.1, 0.15) is 29.4 Å². The molecule has 0 atom stereocenters. The third-order valence-electron chi connectivity index (χ3n) is 3.36. The van der Waals surface area contributed by atoms with E-state index in [4.69, 9.17) is 5.11 Å². The van der Waals surface area contributed by atoms with Gasteiger partial charge in [0, 0.05) is 11.8 Å². The molecule has 2 rings (SSSR count). The Morgan fingerprint density at radius 2 is 2.10 bits per heavy atom. The molecule has 0 bridgehead atoms. The van der Waals surface area contributed by atoms with Gasteiger partial charge in [0.15, 0.2) is 0 Å². The zero-order valence-corrected chi connectivity index (χ0v) is 12.2. The molecule has 0 saturated heterocycles. The standard InChI is InChI=1S/C16H17FN2O2/c1-4-15-10(2)18-19(11(15)3)14-8-12(5-6-16(20)21)7-13(17)9-14/h5-9H,4H2,1-3H3,(H,20,21)/b6-5+. The fourth-order valence-corrected chi connectivity index (χ4v) is 2.42. The predicted octanol–water partition coefficient (Wildman–Crippen LogP) is 3.29. The van der Waals surface area contributed by atoms with Crippen LogP contribution in [0.2, 0.25) is 0 Å².